The van der Waals surface area contributed by atoms with Gasteiger partial charge in [-0.05, 0) is 183 Å². The van der Waals surface area contributed by atoms with Crippen LogP contribution in [0.2, 0.25) is 0 Å². The summed E-state index contributed by atoms with van der Waals surface area (Å²) in [7, 11) is 0. The smallest absolute Gasteiger partial charge is 0.195 e. The molecule has 15 aromatic rings. The molecule has 1 aromatic heterocycles. The van der Waals surface area contributed by atoms with E-state index in [1.807, 2.05) is 0 Å². The molecule has 0 radical (unpaired) electrons. The Kier molecular flexibility index (Phi) is 10.1. The zero-order valence-electron chi connectivity index (χ0n) is 40.7. The van der Waals surface area contributed by atoms with Crippen molar-refractivity contribution in [1.82, 2.24) is 4.98 Å². The lowest BCUT2D eigenvalue weighted by molar-refractivity contribution is 1.25. The van der Waals surface area contributed by atoms with Crippen LogP contribution in [-0.2, 0) is 0 Å². The number of para-hydroxylation sites is 3. The van der Waals surface area contributed by atoms with Crippen molar-refractivity contribution in [2.45, 2.75) is 0 Å². The lowest BCUT2D eigenvalue weighted by Crippen LogP contribution is -2.10. The highest BCUT2D eigenvalue weighted by molar-refractivity contribution is 7.22. The van der Waals surface area contributed by atoms with Crippen LogP contribution in [0.25, 0.3) is 108 Å². The zero-order valence-corrected chi connectivity index (χ0v) is 41.5. The monoisotopic (exact) mass is 971 g/mol. The number of thiazole rings is 1. The summed E-state index contributed by atoms with van der Waals surface area (Å²) in [4.78, 5) is 10.1. The van der Waals surface area contributed by atoms with Crippen molar-refractivity contribution in [3.05, 3.63) is 273 Å². The van der Waals surface area contributed by atoms with E-state index in [0.29, 0.717) is 0 Å². The minimum atomic E-state index is 0.917. The first-order valence-corrected chi connectivity index (χ1v) is 26.4. The molecule has 0 aliphatic heterocycles. The van der Waals surface area contributed by atoms with Crippen molar-refractivity contribution in [2.75, 3.05) is 9.80 Å². The Morgan fingerprint density at radius 1 is 0.253 bits per heavy atom. The van der Waals surface area contributed by atoms with Gasteiger partial charge in [-0.3, -0.25) is 4.90 Å². The summed E-state index contributed by atoms with van der Waals surface area (Å²) in [6, 6.07) is 100. The van der Waals surface area contributed by atoms with E-state index >= 15 is 0 Å². The molecule has 0 atom stereocenters. The Morgan fingerprint density at radius 2 is 0.680 bits per heavy atom. The molecule has 75 heavy (non-hydrogen) atoms. The summed E-state index contributed by atoms with van der Waals surface area (Å²) < 4.78 is 1.15. The topological polar surface area (TPSA) is 19.4 Å². The van der Waals surface area contributed by atoms with Crippen LogP contribution >= 0.6 is 11.3 Å². The number of hydrogen-bond acceptors (Lipinski definition) is 4. The van der Waals surface area contributed by atoms with Crippen LogP contribution < -0.4 is 9.80 Å². The van der Waals surface area contributed by atoms with Crippen LogP contribution in [0.15, 0.2) is 273 Å². The Bertz CT molecular complexity index is 4700. The average Bonchev–Trinajstić information content (AvgIpc) is 3.95. The van der Waals surface area contributed by atoms with E-state index in [2.05, 4.69) is 283 Å². The van der Waals surface area contributed by atoms with Gasteiger partial charge in [0.15, 0.2) is 5.13 Å². The molecule has 0 N–H and O–H groups in total. The third kappa shape index (κ3) is 7.14. The maximum Gasteiger partial charge on any atom is 0.195 e. The van der Waals surface area contributed by atoms with Gasteiger partial charge in [-0.2, -0.15) is 0 Å². The maximum atomic E-state index is 5.31. The number of aromatic nitrogens is 1. The van der Waals surface area contributed by atoms with Gasteiger partial charge in [0, 0.05) is 28.4 Å². The van der Waals surface area contributed by atoms with E-state index in [0.717, 1.165) is 49.2 Å². The van der Waals surface area contributed by atoms with E-state index in [9.17, 15) is 0 Å². The second-order valence-corrected chi connectivity index (χ2v) is 20.4. The number of hydrogen-bond donors (Lipinski definition) is 0. The van der Waals surface area contributed by atoms with E-state index in [4.69, 9.17) is 4.98 Å². The molecule has 0 aliphatic rings. The second kappa shape index (κ2) is 17.6. The lowest BCUT2D eigenvalue weighted by Gasteiger charge is -2.28. The summed E-state index contributed by atoms with van der Waals surface area (Å²) >= 11 is 1.72. The first kappa shape index (κ1) is 43.0. The first-order chi connectivity index (χ1) is 37.2. The second-order valence-electron chi connectivity index (χ2n) is 19.4. The summed E-state index contributed by atoms with van der Waals surface area (Å²) in [5.41, 5.74) is 11.1. The van der Waals surface area contributed by atoms with Crippen LogP contribution in [0.3, 0.4) is 0 Å². The molecule has 0 fully saturated rings. The molecule has 0 saturated heterocycles. The Balaban J connectivity index is 1.12. The third-order valence-electron chi connectivity index (χ3n) is 15.2. The molecule has 0 unspecified atom stereocenters. The van der Waals surface area contributed by atoms with Crippen LogP contribution in [0.4, 0.5) is 33.6 Å². The van der Waals surface area contributed by atoms with Crippen molar-refractivity contribution in [3.63, 3.8) is 0 Å². The zero-order chi connectivity index (χ0) is 49.4. The normalized spacial score (nSPS) is 11.7. The number of rotatable bonds is 8. The fraction of sp³-hybridized carbons (Fsp3) is 0. The number of anilines is 6. The van der Waals surface area contributed by atoms with Crippen LogP contribution in [-0.4, -0.2) is 4.98 Å². The molecular formula is C71H45N3S. The number of fused-ring (bicyclic) bond motifs is 10. The Labute approximate surface area is 438 Å². The molecular weight excluding hydrogens is 927 g/mol. The van der Waals surface area contributed by atoms with Gasteiger partial charge < -0.3 is 4.90 Å². The highest BCUT2D eigenvalue weighted by Crippen LogP contribution is 2.52. The lowest BCUT2D eigenvalue weighted by atomic mass is 9.82. The van der Waals surface area contributed by atoms with Gasteiger partial charge >= 0.3 is 0 Å². The molecule has 0 spiro atoms. The fourth-order valence-corrected chi connectivity index (χ4v) is 12.8. The highest BCUT2D eigenvalue weighted by Gasteiger charge is 2.25. The van der Waals surface area contributed by atoms with Crippen LogP contribution in [0.1, 0.15) is 0 Å². The molecule has 0 aliphatic carbocycles. The van der Waals surface area contributed by atoms with Crippen molar-refractivity contribution < 1.29 is 0 Å². The van der Waals surface area contributed by atoms with E-state index in [1.165, 1.54) is 92.3 Å². The van der Waals surface area contributed by atoms with E-state index in [-0.39, 0.29) is 0 Å². The molecule has 350 valence electrons. The van der Waals surface area contributed by atoms with Crippen molar-refractivity contribution in [3.8, 4) is 22.3 Å². The largest absolute Gasteiger partial charge is 0.310 e. The van der Waals surface area contributed by atoms with Crippen molar-refractivity contribution >= 4 is 131 Å². The molecule has 0 bridgehead atoms. The molecule has 4 heteroatoms. The number of benzene rings is 14. The molecule has 0 amide bonds. The molecule has 0 saturated carbocycles. The number of nitrogens with zero attached hydrogens (tertiary/aromatic N) is 3. The summed E-state index contributed by atoms with van der Waals surface area (Å²) in [6.45, 7) is 0. The summed E-state index contributed by atoms with van der Waals surface area (Å²) in [5, 5.41) is 17.8. The minimum Gasteiger partial charge on any atom is -0.310 e. The fourth-order valence-electron chi connectivity index (χ4n) is 11.8. The summed E-state index contributed by atoms with van der Waals surface area (Å²) in [6.07, 6.45) is 0. The third-order valence-corrected chi connectivity index (χ3v) is 16.2. The van der Waals surface area contributed by atoms with E-state index in [1.54, 1.807) is 11.3 Å². The van der Waals surface area contributed by atoms with E-state index < -0.39 is 0 Å². The van der Waals surface area contributed by atoms with Crippen molar-refractivity contribution in [2.24, 2.45) is 0 Å². The summed E-state index contributed by atoms with van der Waals surface area (Å²) in [5.74, 6) is 0. The van der Waals surface area contributed by atoms with Gasteiger partial charge in [0.2, 0.25) is 0 Å². The quantitative estimate of drug-likeness (QED) is 0.112. The molecule has 15 rings (SSSR count). The predicted octanol–water partition coefficient (Wildman–Crippen LogP) is 20.6. The predicted molar refractivity (Wildman–Crippen MR) is 322 cm³/mol. The van der Waals surface area contributed by atoms with Crippen molar-refractivity contribution in [1.29, 1.82) is 0 Å². The van der Waals surface area contributed by atoms with Gasteiger partial charge in [-0.25, -0.2) is 4.98 Å². The minimum absolute atomic E-state index is 0.917. The first-order valence-electron chi connectivity index (χ1n) is 25.6. The van der Waals surface area contributed by atoms with Gasteiger partial charge in [0.05, 0.1) is 10.2 Å². The van der Waals surface area contributed by atoms with Gasteiger partial charge in [0.25, 0.3) is 0 Å². The molecule has 14 aromatic carbocycles. The average molecular weight is 972 g/mol. The van der Waals surface area contributed by atoms with Gasteiger partial charge in [0.1, 0.15) is 0 Å². The highest BCUT2D eigenvalue weighted by atomic mass is 32.1. The maximum absolute atomic E-state index is 5.31. The molecule has 1 heterocycles. The van der Waals surface area contributed by atoms with Crippen LogP contribution in [0, 0.1) is 0 Å². The SMILES string of the molecule is c1ccc(N(c2ccc3ccccc3c2)c2ccc3c(-c4cc5ccccc5c5ccccc45)c4cc(N(c5ccccc5)c5nc6ccccc6s5)ccc4c(-c4cc5ccccc5c5ccccc45)c3c2)cc1. The van der Waals surface area contributed by atoms with Gasteiger partial charge in [-0.1, -0.05) is 199 Å². The van der Waals surface area contributed by atoms with Crippen LogP contribution in [0.5, 0.6) is 0 Å². The standard InChI is InChI=1S/C71H45N3S/c1-3-23-50(24-4-1)73(52-36-35-46-19-7-8-20-47(46)41-52)53-37-39-61-65(44-53)69(63-42-48-21-9-11-27-55(48)57-29-13-15-31-59(57)63)62-40-38-54(74(51-25-5-2-6-26-51)71-72-67-33-17-18-34-68(67)75-71)45-66(62)70(61)64-43-49-22-10-12-28-56(49)58-30-14-16-32-60(58)64/h1-45H. The Hall–Kier alpha value is -9.61. The van der Waals surface area contributed by atoms with Gasteiger partial charge in [-0.15, -0.1) is 0 Å². The Morgan fingerprint density at radius 3 is 1.25 bits per heavy atom. The molecule has 3 nitrogen and oxygen atoms in total.